The van der Waals surface area contributed by atoms with Crippen LogP contribution in [0.3, 0.4) is 0 Å². The molecule has 0 radical (unpaired) electrons. The number of hydrogen-bond acceptors (Lipinski definition) is 3. The monoisotopic (exact) mass is 290 g/mol. The zero-order chi connectivity index (χ0) is 15.6. The van der Waals surface area contributed by atoms with Crippen molar-refractivity contribution >= 4 is 5.97 Å². The molecule has 114 valence electrons. The van der Waals surface area contributed by atoms with Crippen LogP contribution in [0.1, 0.15) is 66.9 Å². The predicted octanol–water partition coefficient (Wildman–Crippen LogP) is 3.96. The van der Waals surface area contributed by atoms with Crippen molar-refractivity contribution in [1.29, 1.82) is 0 Å². The van der Waals surface area contributed by atoms with Gasteiger partial charge in [0.15, 0.2) is 0 Å². The summed E-state index contributed by atoms with van der Waals surface area (Å²) in [7, 11) is 0. The average Bonchev–Trinajstić information content (AvgIpc) is 2.38. The van der Waals surface area contributed by atoms with E-state index < -0.39 is 5.97 Å². The largest absolute Gasteiger partial charge is 0.507 e. The van der Waals surface area contributed by atoms with Crippen LogP contribution in [-0.2, 0) is 6.42 Å². The number of benzene rings is 1. The number of phenolic OH excluding ortho intramolecular Hbond substituents is 1. The first-order valence-electron chi connectivity index (χ1n) is 7.44. The van der Waals surface area contributed by atoms with E-state index in [0.29, 0.717) is 17.5 Å². The molecule has 3 N–H and O–H groups in total. The number of rotatable bonds is 4. The van der Waals surface area contributed by atoms with Crippen molar-refractivity contribution in [2.45, 2.75) is 51.9 Å². The lowest BCUT2D eigenvalue weighted by molar-refractivity contribution is 0.0692. The molecule has 0 unspecified atom stereocenters. The third-order valence-electron chi connectivity index (χ3n) is 4.08. The highest BCUT2D eigenvalue weighted by molar-refractivity contribution is 5.94. The van der Waals surface area contributed by atoms with Gasteiger partial charge in [0.2, 0.25) is 0 Å². The number of hydrogen-bond donors (Lipinski definition) is 3. The van der Waals surface area contributed by atoms with Gasteiger partial charge in [-0.1, -0.05) is 25.0 Å². The van der Waals surface area contributed by atoms with Crippen LogP contribution in [0.25, 0.3) is 0 Å². The molecule has 0 aliphatic heterocycles. The summed E-state index contributed by atoms with van der Waals surface area (Å²) in [6, 6.07) is 1.50. The van der Waals surface area contributed by atoms with Crippen molar-refractivity contribution < 1.29 is 20.1 Å². The van der Waals surface area contributed by atoms with Gasteiger partial charge in [-0.05, 0) is 44.2 Å². The smallest absolute Gasteiger partial charge is 0.339 e. The van der Waals surface area contributed by atoms with E-state index in [1.165, 1.54) is 11.6 Å². The molecular weight excluding hydrogens is 268 g/mol. The minimum absolute atomic E-state index is 0.00287. The molecule has 1 aliphatic rings. The molecule has 0 amide bonds. The molecule has 0 saturated carbocycles. The Morgan fingerprint density at radius 1 is 1.38 bits per heavy atom. The first-order chi connectivity index (χ1) is 9.95. The van der Waals surface area contributed by atoms with Crippen LogP contribution in [0.4, 0.5) is 0 Å². The number of aromatic hydroxyl groups is 2. The van der Waals surface area contributed by atoms with Gasteiger partial charge in [-0.25, -0.2) is 4.79 Å². The van der Waals surface area contributed by atoms with Crippen LogP contribution in [0.5, 0.6) is 11.5 Å². The molecule has 1 atom stereocenters. The second kappa shape index (κ2) is 6.20. The lowest BCUT2D eigenvalue weighted by Crippen LogP contribution is -2.09. The van der Waals surface area contributed by atoms with E-state index >= 15 is 0 Å². The number of carboxylic acid groups (broad SMARTS) is 1. The minimum atomic E-state index is -1.14. The number of phenols is 2. The van der Waals surface area contributed by atoms with Crippen LogP contribution in [-0.4, -0.2) is 21.3 Å². The quantitative estimate of drug-likeness (QED) is 0.733. The number of allylic oxidation sites excluding steroid dienone is 2. The Labute approximate surface area is 124 Å². The Morgan fingerprint density at radius 3 is 2.67 bits per heavy atom. The molecule has 21 heavy (non-hydrogen) atoms. The third kappa shape index (κ3) is 3.04. The summed E-state index contributed by atoms with van der Waals surface area (Å²) in [6.45, 7) is 3.95. The Balaban J connectivity index is 2.59. The van der Waals surface area contributed by atoms with E-state index in [2.05, 4.69) is 0 Å². The highest BCUT2D eigenvalue weighted by atomic mass is 16.4. The average molecular weight is 290 g/mol. The Hall–Kier alpha value is -1.97. The topological polar surface area (TPSA) is 77.8 Å². The highest BCUT2D eigenvalue weighted by Crippen LogP contribution is 2.43. The van der Waals surface area contributed by atoms with Gasteiger partial charge in [-0.15, -0.1) is 0 Å². The van der Waals surface area contributed by atoms with E-state index in [9.17, 15) is 20.1 Å². The van der Waals surface area contributed by atoms with Crippen LogP contribution >= 0.6 is 0 Å². The van der Waals surface area contributed by atoms with Crippen molar-refractivity contribution in [2.24, 2.45) is 0 Å². The first kappa shape index (κ1) is 15.4. The van der Waals surface area contributed by atoms with E-state index in [4.69, 9.17) is 0 Å². The molecule has 1 aromatic carbocycles. The summed E-state index contributed by atoms with van der Waals surface area (Å²) in [6.07, 6.45) is 6.08. The molecule has 1 aliphatic carbocycles. The summed E-state index contributed by atoms with van der Waals surface area (Å²) in [4.78, 5) is 11.5. The molecule has 0 heterocycles. The van der Waals surface area contributed by atoms with Crippen LogP contribution in [0, 0.1) is 0 Å². The van der Waals surface area contributed by atoms with Crippen molar-refractivity contribution in [3.05, 3.63) is 34.4 Å². The molecule has 0 spiro atoms. The van der Waals surface area contributed by atoms with Crippen molar-refractivity contribution in [3.63, 3.8) is 0 Å². The predicted molar refractivity (Wildman–Crippen MR) is 81.1 cm³/mol. The molecular formula is C17H22O4. The Kier molecular flexibility index (Phi) is 4.56. The zero-order valence-corrected chi connectivity index (χ0v) is 12.5. The van der Waals surface area contributed by atoms with E-state index in [-0.39, 0.29) is 23.0 Å². The molecule has 4 heteroatoms. The van der Waals surface area contributed by atoms with Gasteiger partial charge in [0.25, 0.3) is 0 Å². The number of carboxylic acids is 1. The zero-order valence-electron chi connectivity index (χ0n) is 12.5. The van der Waals surface area contributed by atoms with Gasteiger partial charge in [0.05, 0.1) is 0 Å². The fourth-order valence-corrected chi connectivity index (χ4v) is 3.13. The van der Waals surface area contributed by atoms with E-state index in [1.54, 1.807) is 0 Å². The summed E-state index contributed by atoms with van der Waals surface area (Å²) in [5.74, 6) is -1.54. The van der Waals surface area contributed by atoms with Gasteiger partial charge < -0.3 is 15.3 Å². The minimum Gasteiger partial charge on any atom is -0.507 e. The summed E-state index contributed by atoms with van der Waals surface area (Å²) < 4.78 is 0. The maximum Gasteiger partial charge on any atom is 0.339 e. The second-order valence-electron chi connectivity index (χ2n) is 5.76. The Bertz CT molecular complexity index is 587. The summed E-state index contributed by atoms with van der Waals surface area (Å²) >= 11 is 0. The third-order valence-corrected chi connectivity index (χ3v) is 4.08. The summed E-state index contributed by atoms with van der Waals surface area (Å²) in [5.41, 5.74) is 1.98. The normalized spacial score (nSPS) is 18.4. The second-order valence-corrected chi connectivity index (χ2v) is 5.76. The SMILES string of the molecule is CCCc1cc(O)c([C@@H]2C=C(C)CCC2)c(O)c1C(=O)O. The van der Waals surface area contributed by atoms with Crippen molar-refractivity contribution in [2.75, 3.05) is 0 Å². The Morgan fingerprint density at radius 2 is 2.10 bits per heavy atom. The van der Waals surface area contributed by atoms with Gasteiger partial charge in [0.1, 0.15) is 17.1 Å². The fourth-order valence-electron chi connectivity index (χ4n) is 3.13. The standard InChI is InChI=1S/C17H22O4/c1-3-5-11-9-13(18)14(16(19)15(11)17(20)21)12-7-4-6-10(2)8-12/h8-9,12,18-19H,3-7H2,1-2H3,(H,20,21)/t12-/m0/s1. The number of aromatic carboxylic acids is 1. The van der Waals surface area contributed by atoms with Crippen LogP contribution in [0.2, 0.25) is 0 Å². The van der Waals surface area contributed by atoms with Gasteiger partial charge in [-0.3, -0.25) is 0 Å². The van der Waals surface area contributed by atoms with Gasteiger partial charge >= 0.3 is 5.97 Å². The molecule has 0 aromatic heterocycles. The first-order valence-corrected chi connectivity index (χ1v) is 7.44. The van der Waals surface area contributed by atoms with Crippen molar-refractivity contribution in [1.82, 2.24) is 0 Å². The lowest BCUT2D eigenvalue weighted by Gasteiger charge is -2.23. The molecule has 4 nitrogen and oxygen atoms in total. The number of carbonyl (C=O) groups is 1. The van der Waals surface area contributed by atoms with Gasteiger partial charge in [0, 0.05) is 11.5 Å². The molecule has 2 rings (SSSR count). The van der Waals surface area contributed by atoms with Crippen LogP contribution in [0.15, 0.2) is 17.7 Å². The fraction of sp³-hybridized carbons (Fsp3) is 0.471. The van der Waals surface area contributed by atoms with Crippen molar-refractivity contribution in [3.8, 4) is 11.5 Å². The van der Waals surface area contributed by atoms with Gasteiger partial charge in [-0.2, -0.15) is 0 Å². The molecule has 0 saturated heterocycles. The number of aryl methyl sites for hydroxylation is 1. The van der Waals surface area contributed by atoms with Crippen LogP contribution < -0.4 is 0 Å². The molecule has 0 fully saturated rings. The maximum atomic E-state index is 11.5. The molecule has 1 aromatic rings. The van der Waals surface area contributed by atoms with E-state index in [1.807, 2.05) is 19.9 Å². The summed E-state index contributed by atoms with van der Waals surface area (Å²) in [5, 5.41) is 30.1. The maximum absolute atomic E-state index is 11.5. The van der Waals surface area contributed by atoms with E-state index in [0.717, 1.165) is 25.7 Å². The molecule has 0 bridgehead atoms. The lowest BCUT2D eigenvalue weighted by atomic mass is 9.83. The highest BCUT2D eigenvalue weighted by Gasteiger charge is 2.27.